The van der Waals surface area contributed by atoms with Gasteiger partial charge < -0.3 is 5.11 Å². The lowest BCUT2D eigenvalue weighted by Crippen LogP contribution is -2.01. The molecular weight excluding hydrogens is 142 g/mol. The Morgan fingerprint density at radius 1 is 1.73 bits per heavy atom. The summed E-state index contributed by atoms with van der Waals surface area (Å²) in [7, 11) is 0. The molecule has 0 fully saturated rings. The van der Waals surface area contributed by atoms with E-state index >= 15 is 0 Å². The van der Waals surface area contributed by atoms with Crippen LogP contribution in [-0.2, 0) is 11.2 Å². The topological polar surface area (TPSA) is 50.2 Å². The molecule has 1 aromatic rings. The average Bonchev–Trinajstić information content (AvgIpc) is 1.93. The van der Waals surface area contributed by atoms with Crippen LogP contribution in [0.1, 0.15) is 11.1 Å². The highest BCUT2D eigenvalue weighted by Gasteiger charge is 2.02. The molecule has 1 heterocycles. The van der Waals surface area contributed by atoms with Gasteiger partial charge >= 0.3 is 5.97 Å². The van der Waals surface area contributed by atoms with E-state index in [1.807, 2.05) is 6.92 Å². The van der Waals surface area contributed by atoms with Crippen LogP contribution in [0.5, 0.6) is 0 Å². The van der Waals surface area contributed by atoms with Gasteiger partial charge in [-0.2, -0.15) is 0 Å². The van der Waals surface area contributed by atoms with Gasteiger partial charge in [-0.15, -0.1) is 0 Å². The van der Waals surface area contributed by atoms with Crippen LogP contribution in [0, 0.1) is 6.92 Å². The summed E-state index contributed by atoms with van der Waals surface area (Å²) in [5.74, 6) is -0.818. The minimum absolute atomic E-state index is 0.0552. The van der Waals surface area contributed by atoms with Crippen LogP contribution in [0.25, 0.3) is 0 Å². The Morgan fingerprint density at radius 3 is 3.00 bits per heavy atom. The van der Waals surface area contributed by atoms with E-state index in [0.717, 1.165) is 11.1 Å². The molecule has 0 radical (unpaired) electrons. The van der Waals surface area contributed by atoms with E-state index in [4.69, 9.17) is 5.11 Å². The second-order valence-electron chi connectivity index (χ2n) is 2.37. The van der Waals surface area contributed by atoms with Crippen molar-refractivity contribution in [1.82, 2.24) is 4.98 Å². The molecule has 1 aromatic heterocycles. The number of aromatic nitrogens is 1. The number of aliphatic carboxylic acids is 1. The van der Waals surface area contributed by atoms with Crippen LogP contribution in [0.2, 0.25) is 0 Å². The standard InChI is InChI=1S/C8H9NO2/c1-6-2-3-9-5-7(6)4-8(10)11/h2-3,5H,4H2,1H3,(H,10,11). The number of hydrogen-bond acceptors (Lipinski definition) is 2. The molecule has 0 amide bonds. The average molecular weight is 151 g/mol. The second-order valence-corrected chi connectivity index (χ2v) is 2.37. The highest BCUT2D eigenvalue weighted by molar-refractivity contribution is 5.70. The van der Waals surface area contributed by atoms with Crippen molar-refractivity contribution >= 4 is 5.97 Å². The second kappa shape index (κ2) is 3.14. The summed E-state index contributed by atoms with van der Waals surface area (Å²) in [5, 5.41) is 8.46. The number of aryl methyl sites for hydroxylation is 1. The Bertz CT molecular complexity index is 271. The fourth-order valence-electron chi connectivity index (χ4n) is 0.845. The summed E-state index contributed by atoms with van der Waals surface area (Å²) in [6, 6.07) is 1.80. The van der Waals surface area contributed by atoms with Crippen molar-refractivity contribution < 1.29 is 9.90 Å². The SMILES string of the molecule is Cc1ccncc1CC(=O)O. The summed E-state index contributed by atoms with van der Waals surface area (Å²) < 4.78 is 0. The number of rotatable bonds is 2. The fourth-order valence-corrected chi connectivity index (χ4v) is 0.845. The van der Waals surface area contributed by atoms with Gasteiger partial charge in [0.15, 0.2) is 0 Å². The van der Waals surface area contributed by atoms with Crippen molar-refractivity contribution in [1.29, 1.82) is 0 Å². The van der Waals surface area contributed by atoms with E-state index in [2.05, 4.69) is 4.98 Å². The van der Waals surface area contributed by atoms with Crippen LogP contribution in [0.15, 0.2) is 18.5 Å². The maximum Gasteiger partial charge on any atom is 0.307 e. The molecule has 0 aliphatic rings. The molecule has 1 N–H and O–H groups in total. The molecule has 0 aromatic carbocycles. The molecule has 58 valence electrons. The molecule has 0 saturated carbocycles. The van der Waals surface area contributed by atoms with Gasteiger partial charge in [0.1, 0.15) is 0 Å². The minimum atomic E-state index is -0.818. The zero-order valence-corrected chi connectivity index (χ0v) is 6.24. The van der Waals surface area contributed by atoms with Crippen LogP contribution >= 0.6 is 0 Å². The third kappa shape index (κ3) is 2.04. The zero-order valence-electron chi connectivity index (χ0n) is 6.24. The Balaban J connectivity index is 2.86. The van der Waals surface area contributed by atoms with Gasteiger partial charge in [0, 0.05) is 12.4 Å². The van der Waals surface area contributed by atoms with Gasteiger partial charge in [0.25, 0.3) is 0 Å². The highest BCUT2D eigenvalue weighted by Crippen LogP contribution is 2.04. The van der Waals surface area contributed by atoms with Gasteiger partial charge in [-0.1, -0.05) is 0 Å². The Labute approximate surface area is 64.7 Å². The van der Waals surface area contributed by atoms with E-state index in [1.54, 1.807) is 18.5 Å². The lowest BCUT2D eigenvalue weighted by Gasteiger charge is -1.99. The van der Waals surface area contributed by atoms with Crippen LogP contribution in [0.3, 0.4) is 0 Å². The third-order valence-corrected chi connectivity index (χ3v) is 1.49. The van der Waals surface area contributed by atoms with Crippen LogP contribution in [-0.4, -0.2) is 16.1 Å². The first-order chi connectivity index (χ1) is 5.20. The van der Waals surface area contributed by atoms with Crippen molar-refractivity contribution in [2.24, 2.45) is 0 Å². The highest BCUT2D eigenvalue weighted by atomic mass is 16.4. The fraction of sp³-hybridized carbons (Fsp3) is 0.250. The van der Waals surface area contributed by atoms with Gasteiger partial charge in [0.05, 0.1) is 6.42 Å². The number of pyridine rings is 1. The first kappa shape index (κ1) is 7.72. The Kier molecular flexibility index (Phi) is 2.21. The summed E-state index contributed by atoms with van der Waals surface area (Å²) >= 11 is 0. The predicted molar refractivity (Wildman–Crippen MR) is 40.3 cm³/mol. The molecule has 0 saturated heterocycles. The van der Waals surface area contributed by atoms with E-state index in [1.165, 1.54) is 0 Å². The van der Waals surface area contributed by atoms with Crippen molar-refractivity contribution in [3.05, 3.63) is 29.6 Å². The monoisotopic (exact) mass is 151 g/mol. The molecule has 0 spiro atoms. The van der Waals surface area contributed by atoms with E-state index < -0.39 is 5.97 Å². The first-order valence-corrected chi connectivity index (χ1v) is 3.31. The number of nitrogens with zero attached hydrogens (tertiary/aromatic N) is 1. The number of carboxylic acid groups (broad SMARTS) is 1. The molecule has 0 bridgehead atoms. The Hall–Kier alpha value is -1.38. The summed E-state index contributed by atoms with van der Waals surface area (Å²) in [5.41, 5.74) is 1.75. The molecule has 1 rings (SSSR count). The number of carboxylic acids is 1. The predicted octanol–water partition coefficient (Wildman–Crippen LogP) is 1.02. The largest absolute Gasteiger partial charge is 0.481 e. The van der Waals surface area contributed by atoms with Gasteiger partial charge in [-0.05, 0) is 24.1 Å². The van der Waals surface area contributed by atoms with Gasteiger partial charge in [-0.25, -0.2) is 0 Å². The number of carbonyl (C=O) groups is 1. The van der Waals surface area contributed by atoms with Gasteiger partial charge in [-0.3, -0.25) is 9.78 Å². The van der Waals surface area contributed by atoms with Crippen molar-refractivity contribution in [2.45, 2.75) is 13.3 Å². The Morgan fingerprint density at radius 2 is 2.45 bits per heavy atom. The molecule has 3 nitrogen and oxygen atoms in total. The van der Waals surface area contributed by atoms with Crippen molar-refractivity contribution in [3.63, 3.8) is 0 Å². The van der Waals surface area contributed by atoms with Crippen molar-refractivity contribution in [3.8, 4) is 0 Å². The van der Waals surface area contributed by atoms with E-state index in [9.17, 15) is 4.79 Å². The quantitative estimate of drug-likeness (QED) is 0.686. The third-order valence-electron chi connectivity index (χ3n) is 1.49. The van der Waals surface area contributed by atoms with E-state index in [-0.39, 0.29) is 6.42 Å². The van der Waals surface area contributed by atoms with Crippen LogP contribution in [0.4, 0.5) is 0 Å². The maximum atomic E-state index is 10.3. The molecular formula is C8H9NO2. The summed E-state index contributed by atoms with van der Waals surface area (Å²) in [6.07, 6.45) is 3.30. The minimum Gasteiger partial charge on any atom is -0.481 e. The molecule has 3 heteroatoms. The number of hydrogen-bond donors (Lipinski definition) is 1. The molecule has 0 unspecified atom stereocenters. The first-order valence-electron chi connectivity index (χ1n) is 3.31. The summed E-state index contributed by atoms with van der Waals surface area (Å²) in [4.78, 5) is 14.1. The summed E-state index contributed by atoms with van der Waals surface area (Å²) in [6.45, 7) is 1.87. The lowest BCUT2D eigenvalue weighted by molar-refractivity contribution is -0.136. The molecule has 0 atom stereocenters. The molecule has 0 aliphatic carbocycles. The molecule has 0 aliphatic heterocycles. The van der Waals surface area contributed by atoms with E-state index in [0.29, 0.717) is 0 Å². The normalized spacial score (nSPS) is 9.55. The van der Waals surface area contributed by atoms with Crippen molar-refractivity contribution in [2.75, 3.05) is 0 Å². The zero-order chi connectivity index (χ0) is 8.27. The van der Waals surface area contributed by atoms with Gasteiger partial charge in [0.2, 0.25) is 0 Å². The van der Waals surface area contributed by atoms with Crippen LogP contribution < -0.4 is 0 Å². The smallest absolute Gasteiger partial charge is 0.307 e. The maximum absolute atomic E-state index is 10.3. The molecule has 11 heavy (non-hydrogen) atoms. The lowest BCUT2D eigenvalue weighted by atomic mass is 10.1.